The highest BCUT2D eigenvalue weighted by molar-refractivity contribution is 6.34. The van der Waals surface area contributed by atoms with Crippen molar-refractivity contribution < 1.29 is 9.59 Å². The van der Waals surface area contributed by atoms with Crippen LogP contribution >= 0.6 is 24.0 Å². The van der Waals surface area contributed by atoms with E-state index in [1.807, 2.05) is 18.7 Å². The molecule has 1 aromatic carbocycles. The molecule has 1 aliphatic rings. The summed E-state index contributed by atoms with van der Waals surface area (Å²) in [5.41, 5.74) is 6.96. The molecule has 2 unspecified atom stereocenters. The molecule has 1 aromatic rings. The fourth-order valence-electron chi connectivity index (χ4n) is 2.77. The summed E-state index contributed by atoms with van der Waals surface area (Å²) in [6.07, 6.45) is 4.06. The van der Waals surface area contributed by atoms with E-state index in [4.69, 9.17) is 17.3 Å². The monoisotopic (exact) mass is 387 g/mol. The first-order valence-corrected chi connectivity index (χ1v) is 8.97. The molecule has 1 aliphatic heterocycles. The fourth-order valence-corrected chi connectivity index (χ4v) is 3.03. The zero-order valence-electron chi connectivity index (χ0n) is 14.8. The van der Waals surface area contributed by atoms with Gasteiger partial charge < -0.3 is 16.0 Å². The topological polar surface area (TPSA) is 75.4 Å². The highest BCUT2D eigenvalue weighted by atomic mass is 35.5. The van der Waals surface area contributed by atoms with Crippen molar-refractivity contribution in [2.45, 2.75) is 45.6 Å². The van der Waals surface area contributed by atoms with Gasteiger partial charge in [-0.25, -0.2) is 0 Å². The molecule has 0 aliphatic carbocycles. The van der Waals surface area contributed by atoms with Crippen LogP contribution in [0.3, 0.4) is 0 Å². The number of carbonyl (C=O) groups is 2. The number of anilines is 1. The lowest BCUT2D eigenvalue weighted by Gasteiger charge is -2.27. The molecule has 1 fully saturated rings. The number of carbonyl (C=O) groups excluding carboxylic acids is 2. The number of piperidine rings is 1. The maximum absolute atomic E-state index is 12.5. The third-order valence-electron chi connectivity index (χ3n) is 4.67. The number of nitrogens with two attached hydrogens (primary N) is 1. The minimum atomic E-state index is -0.566. The molecular weight excluding hydrogens is 361 g/mol. The smallest absolute Gasteiger partial charge is 0.255 e. The summed E-state index contributed by atoms with van der Waals surface area (Å²) < 4.78 is 0. The number of benzene rings is 1. The second-order valence-corrected chi connectivity index (χ2v) is 6.86. The minimum absolute atomic E-state index is 0. The molecule has 1 heterocycles. The van der Waals surface area contributed by atoms with Gasteiger partial charge in [-0.1, -0.05) is 31.9 Å². The molecule has 0 spiro atoms. The van der Waals surface area contributed by atoms with Crippen molar-refractivity contribution in [1.82, 2.24) is 4.90 Å². The molecule has 25 heavy (non-hydrogen) atoms. The minimum Gasteiger partial charge on any atom is -0.339 e. The van der Waals surface area contributed by atoms with Crippen LogP contribution in [0.1, 0.15) is 49.9 Å². The summed E-state index contributed by atoms with van der Waals surface area (Å²) in [5, 5.41) is 3.12. The number of hydrogen-bond donors (Lipinski definition) is 2. The normalized spacial score (nSPS) is 16.6. The lowest BCUT2D eigenvalue weighted by Crippen LogP contribution is -2.40. The fraction of sp³-hybridized carbons (Fsp3) is 0.556. The van der Waals surface area contributed by atoms with Crippen molar-refractivity contribution in [3.63, 3.8) is 0 Å². The Morgan fingerprint density at radius 3 is 2.48 bits per heavy atom. The number of nitrogens with zero attached hydrogens (tertiary/aromatic N) is 1. The van der Waals surface area contributed by atoms with E-state index in [2.05, 4.69) is 5.32 Å². The molecule has 3 N–H and O–H groups in total. The van der Waals surface area contributed by atoms with Crippen LogP contribution < -0.4 is 11.1 Å². The van der Waals surface area contributed by atoms with Crippen LogP contribution in [0.4, 0.5) is 5.69 Å². The van der Waals surface area contributed by atoms with E-state index in [1.54, 1.807) is 18.2 Å². The van der Waals surface area contributed by atoms with Crippen LogP contribution in [-0.2, 0) is 4.79 Å². The molecule has 1 saturated heterocycles. The highest BCUT2D eigenvalue weighted by Gasteiger charge is 2.22. The van der Waals surface area contributed by atoms with E-state index in [9.17, 15) is 9.59 Å². The van der Waals surface area contributed by atoms with E-state index in [0.29, 0.717) is 16.3 Å². The van der Waals surface area contributed by atoms with Crippen molar-refractivity contribution >= 4 is 41.5 Å². The maximum atomic E-state index is 12.5. The lowest BCUT2D eigenvalue weighted by atomic mass is 9.99. The van der Waals surface area contributed by atoms with Gasteiger partial charge in [-0.2, -0.15) is 0 Å². The third-order valence-corrected chi connectivity index (χ3v) is 4.98. The predicted molar refractivity (Wildman–Crippen MR) is 105 cm³/mol. The summed E-state index contributed by atoms with van der Waals surface area (Å²) in [5.74, 6) is -0.190. The van der Waals surface area contributed by atoms with Gasteiger partial charge in [0, 0.05) is 18.8 Å². The Labute approximate surface area is 160 Å². The van der Waals surface area contributed by atoms with Gasteiger partial charge in [0.15, 0.2) is 0 Å². The average Bonchev–Trinajstić information content (AvgIpc) is 2.60. The van der Waals surface area contributed by atoms with Gasteiger partial charge in [-0.15, -0.1) is 12.4 Å². The zero-order chi connectivity index (χ0) is 17.7. The van der Waals surface area contributed by atoms with Crippen LogP contribution in [0.15, 0.2) is 18.2 Å². The highest BCUT2D eigenvalue weighted by Crippen LogP contribution is 2.24. The molecule has 0 bridgehead atoms. The molecule has 7 heteroatoms. The molecule has 2 rings (SSSR count). The predicted octanol–water partition coefficient (Wildman–Crippen LogP) is 3.70. The van der Waals surface area contributed by atoms with Crippen molar-refractivity contribution in [3.8, 4) is 0 Å². The molecule has 5 nitrogen and oxygen atoms in total. The second kappa shape index (κ2) is 10.00. The summed E-state index contributed by atoms with van der Waals surface area (Å²) in [6.45, 7) is 5.49. The Balaban J connectivity index is 0.00000312. The molecule has 2 amide bonds. The standard InChI is InChI=1S/C18H26ClN3O2.ClH/c1-3-12(2)16(20)17(23)21-13-7-8-14(15(19)11-13)18(24)22-9-5-4-6-10-22;/h7-8,11-12,16H,3-6,9-10,20H2,1-2H3,(H,21,23);1H. The van der Waals surface area contributed by atoms with Crippen molar-refractivity contribution in [2.75, 3.05) is 18.4 Å². The first-order valence-electron chi connectivity index (χ1n) is 8.59. The number of halogens is 2. The number of amides is 2. The van der Waals surface area contributed by atoms with Gasteiger partial charge in [-0.05, 0) is 43.4 Å². The summed E-state index contributed by atoms with van der Waals surface area (Å²) in [4.78, 5) is 26.5. The Kier molecular flexibility index (Phi) is 8.69. The average molecular weight is 388 g/mol. The number of hydrogen-bond acceptors (Lipinski definition) is 3. The van der Waals surface area contributed by atoms with Crippen molar-refractivity contribution in [1.29, 1.82) is 0 Å². The molecule has 0 aromatic heterocycles. The lowest BCUT2D eigenvalue weighted by molar-refractivity contribution is -0.118. The second-order valence-electron chi connectivity index (χ2n) is 6.45. The Bertz CT molecular complexity index is 604. The Morgan fingerprint density at radius 2 is 1.92 bits per heavy atom. The van der Waals surface area contributed by atoms with E-state index in [0.717, 1.165) is 32.4 Å². The summed E-state index contributed by atoms with van der Waals surface area (Å²) in [7, 11) is 0. The first kappa shape index (κ1) is 21.7. The van der Waals surface area contributed by atoms with E-state index >= 15 is 0 Å². The van der Waals surface area contributed by atoms with Gasteiger partial charge in [0.2, 0.25) is 5.91 Å². The van der Waals surface area contributed by atoms with Crippen LogP contribution in [0, 0.1) is 5.92 Å². The van der Waals surface area contributed by atoms with Crippen LogP contribution in [-0.4, -0.2) is 35.8 Å². The molecule has 2 atom stereocenters. The largest absolute Gasteiger partial charge is 0.339 e. The van der Waals surface area contributed by atoms with E-state index in [1.165, 1.54) is 6.42 Å². The Morgan fingerprint density at radius 1 is 1.28 bits per heavy atom. The van der Waals surface area contributed by atoms with Gasteiger partial charge in [0.05, 0.1) is 16.6 Å². The van der Waals surface area contributed by atoms with Gasteiger partial charge in [-0.3, -0.25) is 9.59 Å². The number of likely N-dealkylation sites (tertiary alicyclic amines) is 1. The molecular formula is C18H27Cl2N3O2. The van der Waals surface area contributed by atoms with Crippen molar-refractivity contribution in [3.05, 3.63) is 28.8 Å². The van der Waals surface area contributed by atoms with Gasteiger partial charge in [0.1, 0.15) is 0 Å². The van der Waals surface area contributed by atoms with E-state index in [-0.39, 0.29) is 30.1 Å². The maximum Gasteiger partial charge on any atom is 0.255 e. The first-order chi connectivity index (χ1) is 11.4. The van der Waals surface area contributed by atoms with E-state index < -0.39 is 6.04 Å². The Hall–Kier alpha value is -1.30. The van der Waals surface area contributed by atoms with Crippen LogP contribution in [0.2, 0.25) is 5.02 Å². The summed E-state index contributed by atoms with van der Waals surface area (Å²) in [6, 6.07) is 4.41. The quantitative estimate of drug-likeness (QED) is 0.808. The van der Waals surface area contributed by atoms with Crippen LogP contribution in [0.5, 0.6) is 0 Å². The van der Waals surface area contributed by atoms with Gasteiger partial charge >= 0.3 is 0 Å². The number of rotatable bonds is 5. The molecule has 0 radical (unpaired) electrons. The molecule has 140 valence electrons. The van der Waals surface area contributed by atoms with Gasteiger partial charge in [0.25, 0.3) is 5.91 Å². The summed E-state index contributed by atoms with van der Waals surface area (Å²) >= 11 is 6.27. The molecule has 0 saturated carbocycles. The zero-order valence-corrected chi connectivity index (χ0v) is 16.3. The van der Waals surface area contributed by atoms with Crippen molar-refractivity contribution in [2.24, 2.45) is 11.7 Å². The van der Waals surface area contributed by atoms with Crippen LogP contribution in [0.25, 0.3) is 0 Å². The third kappa shape index (κ3) is 5.59. The SMILES string of the molecule is CCC(C)C(N)C(=O)Nc1ccc(C(=O)N2CCCCC2)c(Cl)c1.Cl. The number of nitrogens with one attached hydrogen (secondary N) is 1.